The number of rotatable bonds is 2. The predicted molar refractivity (Wildman–Crippen MR) is 46.2 cm³/mol. The van der Waals surface area contributed by atoms with Crippen LogP contribution in [0.5, 0.6) is 0 Å². The lowest BCUT2D eigenvalue weighted by Crippen LogP contribution is -2.39. The van der Waals surface area contributed by atoms with Gasteiger partial charge in [-0.05, 0) is 6.92 Å². The molecule has 0 amide bonds. The fraction of sp³-hybridized carbons (Fsp3) is 0.556. The van der Waals surface area contributed by atoms with Crippen LogP contribution < -0.4 is 0 Å². The van der Waals surface area contributed by atoms with Crippen molar-refractivity contribution >= 4 is 11.9 Å². The third-order valence-electron chi connectivity index (χ3n) is 2.03. The summed E-state index contributed by atoms with van der Waals surface area (Å²) in [5.74, 6) is -1.08. The fourth-order valence-electron chi connectivity index (χ4n) is 1.09. The second-order valence-corrected chi connectivity index (χ2v) is 3.33. The van der Waals surface area contributed by atoms with Crippen molar-refractivity contribution < 1.29 is 24.2 Å². The Balaban J connectivity index is 2.63. The van der Waals surface area contributed by atoms with Crippen LogP contribution in [0.4, 0.5) is 0 Å². The Labute approximate surface area is 81.3 Å². The molecule has 1 N–H and O–H groups in total. The van der Waals surface area contributed by atoms with Crippen molar-refractivity contribution in [3.05, 3.63) is 12.0 Å². The van der Waals surface area contributed by atoms with E-state index in [1.807, 2.05) is 0 Å². The lowest BCUT2D eigenvalue weighted by Gasteiger charge is -2.28. The third kappa shape index (κ3) is 2.25. The molecule has 0 aromatic carbocycles. The number of carbonyl (C=O) groups excluding carboxylic acids is 1. The molecule has 0 saturated heterocycles. The molecule has 14 heavy (non-hydrogen) atoms. The van der Waals surface area contributed by atoms with Gasteiger partial charge in [-0.2, -0.15) is 0 Å². The normalized spacial score (nSPS) is 26.0. The molecule has 5 nitrogen and oxygen atoms in total. The maximum absolute atomic E-state index is 10.7. The summed E-state index contributed by atoms with van der Waals surface area (Å²) in [6.45, 7) is 2.77. The molecule has 0 radical (unpaired) electrons. The average molecular weight is 200 g/mol. The Kier molecular flexibility index (Phi) is 2.78. The van der Waals surface area contributed by atoms with E-state index in [0.717, 1.165) is 0 Å². The van der Waals surface area contributed by atoms with Crippen LogP contribution >= 0.6 is 0 Å². The molecule has 1 heterocycles. The van der Waals surface area contributed by atoms with Crippen molar-refractivity contribution in [1.82, 2.24) is 0 Å². The van der Waals surface area contributed by atoms with Gasteiger partial charge in [-0.3, -0.25) is 4.79 Å². The molecular weight excluding hydrogens is 188 g/mol. The van der Waals surface area contributed by atoms with Crippen LogP contribution in [0.15, 0.2) is 12.0 Å². The standard InChI is InChI=1S/C9H12O5/c1-6(10)14-7-3-4-9(2,8(11)12)13-5-7/h5H,3-4H2,1-2H3,(H,11,12). The molecule has 0 fully saturated rings. The minimum absolute atomic E-state index is 0.293. The summed E-state index contributed by atoms with van der Waals surface area (Å²) in [5.41, 5.74) is -1.20. The molecule has 78 valence electrons. The number of aliphatic carboxylic acids is 1. The zero-order valence-electron chi connectivity index (χ0n) is 8.07. The second-order valence-electron chi connectivity index (χ2n) is 3.33. The van der Waals surface area contributed by atoms with Gasteiger partial charge >= 0.3 is 11.9 Å². The number of hydrogen-bond acceptors (Lipinski definition) is 4. The highest BCUT2D eigenvalue weighted by Gasteiger charge is 2.37. The topological polar surface area (TPSA) is 72.8 Å². The molecule has 0 aliphatic carbocycles. The molecule has 0 spiro atoms. The summed E-state index contributed by atoms with van der Waals surface area (Å²) < 4.78 is 9.77. The van der Waals surface area contributed by atoms with Gasteiger partial charge < -0.3 is 14.6 Å². The van der Waals surface area contributed by atoms with Crippen LogP contribution in [-0.4, -0.2) is 22.6 Å². The van der Waals surface area contributed by atoms with E-state index < -0.39 is 17.5 Å². The van der Waals surface area contributed by atoms with E-state index in [2.05, 4.69) is 0 Å². The number of carboxylic acid groups (broad SMARTS) is 1. The van der Waals surface area contributed by atoms with Crippen molar-refractivity contribution in [3.63, 3.8) is 0 Å². The van der Waals surface area contributed by atoms with Crippen LogP contribution in [0.25, 0.3) is 0 Å². The Morgan fingerprint density at radius 3 is 2.64 bits per heavy atom. The van der Waals surface area contributed by atoms with Crippen LogP contribution in [-0.2, 0) is 19.1 Å². The monoisotopic (exact) mass is 200 g/mol. The zero-order chi connectivity index (χ0) is 10.8. The van der Waals surface area contributed by atoms with Crippen molar-refractivity contribution in [2.24, 2.45) is 0 Å². The van der Waals surface area contributed by atoms with Gasteiger partial charge in [-0.25, -0.2) is 4.79 Å². The van der Waals surface area contributed by atoms with Gasteiger partial charge in [0, 0.05) is 19.8 Å². The van der Waals surface area contributed by atoms with Crippen molar-refractivity contribution in [3.8, 4) is 0 Å². The van der Waals surface area contributed by atoms with E-state index in [9.17, 15) is 9.59 Å². The number of ether oxygens (including phenoxy) is 2. The van der Waals surface area contributed by atoms with Gasteiger partial charge in [0.15, 0.2) is 0 Å². The quantitative estimate of drug-likeness (QED) is 0.674. The molecule has 0 aromatic rings. The SMILES string of the molecule is CC(=O)OC1=COC(C)(C(=O)O)CC1. The van der Waals surface area contributed by atoms with E-state index in [4.69, 9.17) is 14.6 Å². The minimum Gasteiger partial charge on any atom is -0.480 e. The first-order chi connectivity index (χ1) is 6.44. The summed E-state index contributed by atoms with van der Waals surface area (Å²) in [4.78, 5) is 21.3. The maximum atomic E-state index is 10.7. The molecular formula is C9H12O5. The molecule has 0 aromatic heterocycles. The summed E-state index contributed by atoms with van der Waals surface area (Å²) in [6, 6.07) is 0. The van der Waals surface area contributed by atoms with Crippen LogP contribution in [0.2, 0.25) is 0 Å². The highest BCUT2D eigenvalue weighted by molar-refractivity contribution is 5.77. The van der Waals surface area contributed by atoms with Crippen LogP contribution in [0.1, 0.15) is 26.7 Å². The number of esters is 1. The third-order valence-corrected chi connectivity index (χ3v) is 2.03. The largest absolute Gasteiger partial charge is 0.480 e. The molecule has 1 atom stereocenters. The molecule has 1 aliphatic heterocycles. The van der Waals surface area contributed by atoms with Crippen LogP contribution in [0.3, 0.4) is 0 Å². The minimum atomic E-state index is -1.20. The summed E-state index contributed by atoms with van der Waals surface area (Å²) in [7, 11) is 0. The summed E-state index contributed by atoms with van der Waals surface area (Å²) >= 11 is 0. The first-order valence-corrected chi connectivity index (χ1v) is 4.23. The van der Waals surface area contributed by atoms with Crippen LogP contribution in [0, 0.1) is 0 Å². The molecule has 1 rings (SSSR count). The lowest BCUT2D eigenvalue weighted by atomic mass is 9.98. The van der Waals surface area contributed by atoms with E-state index in [1.165, 1.54) is 20.1 Å². The Hall–Kier alpha value is -1.52. The first-order valence-electron chi connectivity index (χ1n) is 4.23. The van der Waals surface area contributed by atoms with Gasteiger partial charge in [-0.1, -0.05) is 0 Å². The van der Waals surface area contributed by atoms with E-state index >= 15 is 0 Å². The first kappa shape index (κ1) is 10.6. The van der Waals surface area contributed by atoms with Gasteiger partial charge in [0.25, 0.3) is 0 Å². The molecule has 0 bridgehead atoms. The number of carboxylic acids is 1. The average Bonchev–Trinajstić information content (AvgIpc) is 2.08. The van der Waals surface area contributed by atoms with E-state index in [0.29, 0.717) is 18.6 Å². The molecule has 5 heteroatoms. The number of carbonyl (C=O) groups is 2. The van der Waals surface area contributed by atoms with Crippen molar-refractivity contribution in [2.45, 2.75) is 32.3 Å². The van der Waals surface area contributed by atoms with Gasteiger partial charge in [-0.15, -0.1) is 0 Å². The molecule has 1 unspecified atom stereocenters. The Morgan fingerprint density at radius 1 is 1.64 bits per heavy atom. The van der Waals surface area contributed by atoms with E-state index in [1.54, 1.807) is 0 Å². The second kappa shape index (κ2) is 3.69. The van der Waals surface area contributed by atoms with Gasteiger partial charge in [0.05, 0.1) is 0 Å². The molecule has 1 aliphatic rings. The highest BCUT2D eigenvalue weighted by atomic mass is 16.6. The lowest BCUT2D eigenvalue weighted by molar-refractivity contribution is -0.160. The smallest absolute Gasteiger partial charge is 0.347 e. The van der Waals surface area contributed by atoms with Crippen molar-refractivity contribution in [1.29, 1.82) is 0 Å². The molecule has 0 saturated carbocycles. The van der Waals surface area contributed by atoms with Crippen molar-refractivity contribution in [2.75, 3.05) is 0 Å². The Bertz CT molecular complexity index is 294. The highest BCUT2D eigenvalue weighted by Crippen LogP contribution is 2.27. The Morgan fingerprint density at radius 2 is 2.29 bits per heavy atom. The predicted octanol–water partition coefficient (Wildman–Crippen LogP) is 1.04. The zero-order valence-corrected chi connectivity index (χ0v) is 8.07. The fourth-order valence-corrected chi connectivity index (χ4v) is 1.09. The number of hydrogen-bond donors (Lipinski definition) is 1. The summed E-state index contributed by atoms with van der Waals surface area (Å²) in [5, 5.41) is 8.80. The maximum Gasteiger partial charge on any atom is 0.347 e. The van der Waals surface area contributed by atoms with Gasteiger partial charge in [0.2, 0.25) is 5.60 Å². The number of allylic oxidation sites excluding steroid dienone is 1. The van der Waals surface area contributed by atoms with E-state index in [-0.39, 0.29) is 0 Å². The van der Waals surface area contributed by atoms with Gasteiger partial charge in [0.1, 0.15) is 12.0 Å². The summed E-state index contributed by atoms with van der Waals surface area (Å²) in [6.07, 6.45) is 1.88.